The molecule has 8 heavy (non-hydrogen) atoms. The van der Waals surface area contributed by atoms with E-state index in [1.54, 1.807) is 12.7 Å². The van der Waals surface area contributed by atoms with Crippen molar-refractivity contribution in [1.29, 1.82) is 0 Å². The van der Waals surface area contributed by atoms with E-state index in [-0.39, 0.29) is 6.10 Å². The van der Waals surface area contributed by atoms with Crippen molar-refractivity contribution in [1.82, 2.24) is 0 Å². The van der Waals surface area contributed by atoms with Gasteiger partial charge in [-0.3, -0.25) is 0 Å². The summed E-state index contributed by atoms with van der Waals surface area (Å²) in [7, 11) is 0. The highest BCUT2D eigenvalue weighted by atomic mass is 16.5. The molecule has 0 bridgehead atoms. The van der Waals surface area contributed by atoms with Crippen molar-refractivity contribution in [2.75, 3.05) is 0 Å². The van der Waals surface area contributed by atoms with Crippen LogP contribution in [0.1, 0.15) is 13.8 Å². The molecule has 0 aromatic rings. The molecule has 0 aromatic heterocycles. The van der Waals surface area contributed by atoms with Crippen LogP contribution in [-0.4, -0.2) is 6.10 Å². The maximum absolute atomic E-state index is 5.00. The Hall–Kier alpha value is -0.650. The third-order valence-corrected chi connectivity index (χ3v) is 0.703. The highest BCUT2D eigenvalue weighted by molar-refractivity contribution is 4.82. The molecule has 0 aromatic carbocycles. The number of hydrogen-bond acceptors (Lipinski definition) is 1. The lowest BCUT2D eigenvalue weighted by Gasteiger charge is -1.92. The first kappa shape index (κ1) is 7.35. The Balaban J connectivity index is 3.31. The zero-order chi connectivity index (χ0) is 6.41. The smallest absolute Gasteiger partial charge is 0.189 e. The van der Waals surface area contributed by atoms with Gasteiger partial charge in [-0.25, -0.2) is 0 Å². The zero-order valence-corrected chi connectivity index (χ0v) is 5.35. The predicted octanol–water partition coefficient (Wildman–Crippen LogP) is 1.91. The minimum absolute atomic E-state index is 0.109. The average Bonchev–Trinajstić information content (AvgIpc) is 1.68. The molecule has 0 aliphatic rings. The molecule has 0 rings (SSSR count). The maximum atomic E-state index is 5.00. The Kier molecular flexibility index (Phi) is 4.14. The lowest BCUT2D eigenvalue weighted by Crippen LogP contribution is -1.98. The third kappa shape index (κ3) is 3.54. The molecule has 0 radical (unpaired) electrons. The van der Waals surface area contributed by atoms with Crippen molar-refractivity contribution in [2.24, 2.45) is 0 Å². The van der Waals surface area contributed by atoms with E-state index in [0.29, 0.717) is 0 Å². The van der Waals surface area contributed by atoms with Gasteiger partial charge in [0.05, 0.1) is 0 Å². The van der Waals surface area contributed by atoms with Crippen molar-refractivity contribution in [3.8, 4) is 0 Å². The second-order valence-electron chi connectivity index (χ2n) is 1.45. The fraction of sp³-hybridized carbons (Fsp3) is 0.429. The molecule has 1 atom stereocenters. The lowest BCUT2D eigenvalue weighted by atomic mass is 10.4. The van der Waals surface area contributed by atoms with Gasteiger partial charge < -0.3 is 0 Å². The van der Waals surface area contributed by atoms with Crippen LogP contribution < -0.4 is 0 Å². The van der Waals surface area contributed by atoms with Crippen LogP contribution in [0.25, 0.3) is 0 Å². The van der Waals surface area contributed by atoms with E-state index in [9.17, 15) is 0 Å². The maximum Gasteiger partial charge on any atom is 0.225 e. The summed E-state index contributed by atoms with van der Waals surface area (Å²) in [5, 5.41) is 0. The van der Waals surface area contributed by atoms with Crippen LogP contribution >= 0.6 is 0 Å². The van der Waals surface area contributed by atoms with Gasteiger partial charge in [0, 0.05) is 0 Å². The second-order valence-corrected chi connectivity index (χ2v) is 1.45. The van der Waals surface area contributed by atoms with Crippen LogP contribution in [-0.2, 0) is 4.74 Å². The monoisotopic (exact) mass is 111 g/mol. The Morgan fingerprint density at radius 1 is 1.88 bits per heavy atom. The number of ether oxygens (including phenoxy) is 1. The fourth-order valence-corrected chi connectivity index (χ4v) is 0.420. The molecule has 1 nitrogen and oxygen atoms in total. The number of rotatable bonds is 3. The van der Waals surface area contributed by atoms with E-state index in [0.717, 1.165) is 0 Å². The normalized spacial score (nSPS) is 11.8. The minimum atomic E-state index is 0.109. The molecule has 0 saturated heterocycles. The highest BCUT2D eigenvalue weighted by Gasteiger charge is 1.97. The second kappa shape index (κ2) is 4.51. The molecule has 44 valence electrons. The van der Waals surface area contributed by atoms with Gasteiger partial charge in [0.25, 0.3) is 0 Å². The molecule has 0 aliphatic heterocycles. The first-order chi connectivity index (χ1) is 3.81. The zero-order valence-electron chi connectivity index (χ0n) is 5.35. The molecular weight excluding hydrogens is 100 g/mol. The van der Waals surface area contributed by atoms with Gasteiger partial charge in [0.1, 0.15) is 13.0 Å². The van der Waals surface area contributed by atoms with Crippen LogP contribution in [0.2, 0.25) is 0 Å². The molecule has 0 aliphatic carbocycles. The fourth-order valence-electron chi connectivity index (χ4n) is 0.420. The van der Waals surface area contributed by atoms with Crippen LogP contribution in [0.15, 0.2) is 18.4 Å². The highest BCUT2D eigenvalue weighted by Crippen LogP contribution is 1.91. The Morgan fingerprint density at radius 2 is 2.50 bits per heavy atom. The first-order valence-corrected chi connectivity index (χ1v) is 2.60. The lowest BCUT2D eigenvalue weighted by molar-refractivity contribution is 0.162. The molecule has 0 spiro atoms. The van der Waals surface area contributed by atoms with Gasteiger partial charge in [-0.05, 0) is 13.0 Å². The van der Waals surface area contributed by atoms with E-state index >= 15 is 0 Å². The van der Waals surface area contributed by atoms with Crippen LogP contribution in [0.4, 0.5) is 0 Å². The van der Waals surface area contributed by atoms with Gasteiger partial charge in [-0.2, -0.15) is 4.74 Å². The summed E-state index contributed by atoms with van der Waals surface area (Å²) in [6.45, 7) is 8.83. The quantitative estimate of drug-likeness (QED) is 0.399. The van der Waals surface area contributed by atoms with E-state index in [1.165, 1.54) is 0 Å². The van der Waals surface area contributed by atoms with Crippen molar-refractivity contribution in [3.05, 3.63) is 25.0 Å². The summed E-state index contributed by atoms with van der Waals surface area (Å²) >= 11 is 0. The summed E-state index contributed by atoms with van der Waals surface area (Å²) in [4.78, 5) is 0. The average molecular weight is 111 g/mol. The van der Waals surface area contributed by atoms with E-state index < -0.39 is 0 Å². The van der Waals surface area contributed by atoms with Gasteiger partial charge in [-0.1, -0.05) is 6.58 Å². The molecule has 0 N–H and O–H groups in total. The standard InChI is InChI=1S/C7H11O/c1-4-6-7(3)8-5-2/h5-7H,1H2,2-3H3/q+1. The van der Waals surface area contributed by atoms with Crippen molar-refractivity contribution >= 4 is 0 Å². The Bertz CT molecular complexity index is 90.6. The Labute approximate surface area is 50.7 Å². The summed E-state index contributed by atoms with van der Waals surface area (Å²) in [6, 6.07) is 0. The molecular formula is C7H11O+. The van der Waals surface area contributed by atoms with Crippen LogP contribution in [0.5, 0.6) is 0 Å². The molecule has 1 heteroatoms. The van der Waals surface area contributed by atoms with Crippen LogP contribution in [0, 0.1) is 6.61 Å². The van der Waals surface area contributed by atoms with Gasteiger partial charge in [0.2, 0.25) is 6.61 Å². The molecule has 0 heterocycles. The van der Waals surface area contributed by atoms with Crippen molar-refractivity contribution in [3.63, 3.8) is 0 Å². The van der Waals surface area contributed by atoms with Gasteiger partial charge in [0.15, 0.2) is 0 Å². The molecule has 1 unspecified atom stereocenters. The Morgan fingerprint density at radius 3 is 2.88 bits per heavy atom. The summed E-state index contributed by atoms with van der Waals surface area (Å²) in [6.07, 6.45) is 1.87. The molecule has 0 amide bonds. The summed E-state index contributed by atoms with van der Waals surface area (Å²) in [5.74, 6) is 0. The van der Waals surface area contributed by atoms with Crippen LogP contribution in [0.3, 0.4) is 0 Å². The topological polar surface area (TPSA) is 9.23 Å². The van der Waals surface area contributed by atoms with E-state index in [4.69, 9.17) is 4.74 Å². The summed E-state index contributed by atoms with van der Waals surface area (Å²) in [5.41, 5.74) is 2.63. The minimum Gasteiger partial charge on any atom is -0.189 e. The van der Waals surface area contributed by atoms with Crippen molar-refractivity contribution in [2.45, 2.75) is 20.0 Å². The van der Waals surface area contributed by atoms with Gasteiger partial charge in [-0.15, -0.1) is 5.73 Å². The number of hydrogen-bond donors (Lipinski definition) is 0. The summed E-state index contributed by atoms with van der Waals surface area (Å²) < 4.78 is 5.00. The molecule has 0 saturated carbocycles. The van der Waals surface area contributed by atoms with Crippen molar-refractivity contribution < 1.29 is 4.74 Å². The first-order valence-electron chi connectivity index (χ1n) is 2.60. The SMILES string of the molecule is C=C=CC(C)O[CH+]C. The van der Waals surface area contributed by atoms with Gasteiger partial charge >= 0.3 is 0 Å². The largest absolute Gasteiger partial charge is 0.225 e. The van der Waals surface area contributed by atoms with E-state index in [2.05, 4.69) is 12.3 Å². The third-order valence-electron chi connectivity index (χ3n) is 0.703. The predicted molar refractivity (Wildman–Crippen MR) is 34.2 cm³/mol. The van der Waals surface area contributed by atoms with E-state index in [1.807, 2.05) is 13.8 Å². The molecule has 0 fully saturated rings.